The number of aromatic nitrogens is 2. The number of piperazine rings is 1. The SMILES string of the molecule is CS(=O)(=O)c1ccc2ncnc(N3CCN(CC4CCCCC4)CC3)c2c1. The highest BCUT2D eigenvalue weighted by Crippen LogP contribution is 2.28. The molecule has 2 fully saturated rings. The number of benzene rings is 1. The fraction of sp³-hybridized carbons (Fsp3) is 0.600. The van der Waals surface area contributed by atoms with Crippen molar-refractivity contribution < 1.29 is 8.42 Å². The molecule has 4 rings (SSSR count). The molecule has 1 aliphatic heterocycles. The van der Waals surface area contributed by atoms with E-state index < -0.39 is 9.84 Å². The lowest BCUT2D eigenvalue weighted by Crippen LogP contribution is -2.48. The monoisotopic (exact) mass is 388 g/mol. The summed E-state index contributed by atoms with van der Waals surface area (Å²) in [4.78, 5) is 14.0. The zero-order valence-corrected chi connectivity index (χ0v) is 16.8. The molecule has 1 saturated heterocycles. The van der Waals surface area contributed by atoms with Crippen molar-refractivity contribution in [2.75, 3.05) is 43.9 Å². The van der Waals surface area contributed by atoms with E-state index in [0.29, 0.717) is 4.90 Å². The fourth-order valence-electron chi connectivity index (χ4n) is 4.38. The van der Waals surface area contributed by atoms with Crippen LogP contribution in [0, 0.1) is 5.92 Å². The Labute approximate surface area is 161 Å². The summed E-state index contributed by atoms with van der Waals surface area (Å²) < 4.78 is 23.9. The van der Waals surface area contributed by atoms with Gasteiger partial charge >= 0.3 is 0 Å². The van der Waals surface area contributed by atoms with Gasteiger partial charge in [0, 0.05) is 44.4 Å². The van der Waals surface area contributed by atoms with Crippen molar-refractivity contribution in [2.45, 2.75) is 37.0 Å². The van der Waals surface area contributed by atoms with Crippen LogP contribution in [0.1, 0.15) is 32.1 Å². The summed E-state index contributed by atoms with van der Waals surface area (Å²) in [6.07, 6.45) is 9.75. The van der Waals surface area contributed by atoms with Crippen LogP contribution in [0.2, 0.25) is 0 Å². The van der Waals surface area contributed by atoms with Gasteiger partial charge in [-0.2, -0.15) is 0 Å². The average Bonchev–Trinajstić information content (AvgIpc) is 2.68. The topological polar surface area (TPSA) is 66.4 Å². The van der Waals surface area contributed by atoms with E-state index in [-0.39, 0.29) is 0 Å². The molecule has 0 amide bonds. The highest BCUT2D eigenvalue weighted by molar-refractivity contribution is 7.90. The molecule has 6 nitrogen and oxygen atoms in total. The molecule has 2 aliphatic rings. The third-order valence-corrected chi connectivity index (χ3v) is 7.04. The van der Waals surface area contributed by atoms with E-state index in [0.717, 1.165) is 48.8 Å². The molecule has 2 aromatic rings. The predicted molar refractivity (Wildman–Crippen MR) is 108 cm³/mol. The lowest BCUT2D eigenvalue weighted by Gasteiger charge is -2.38. The van der Waals surface area contributed by atoms with Gasteiger partial charge in [-0.15, -0.1) is 0 Å². The quantitative estimate of drug-likeness (QED) is 0.802. The van der Waals surface area contributed by atoms with Crippen LogP contribution in [0.25, 0.3) is 10.9 Å². The molecule has 0 N–H and O–H groups in total. The van der Waals surface area contributed by atoms with Crippen LogP contribution in [0.5, 0.6) is 0 Å². The van der Waals surface area contributed by atoms with Gasteiger partial charge in [0.25, 0.3) is 0 Å². The largest absolute Gasteiger partial charge is 0.353 e. The summed E-state index contributed by atoms with van der Waals surface area (Å²) in [5.74, 6) is 1.71. The molecule has 1 aromatic carbocycles. The zero-order valence-electron chi connectivity index (χ0n) is 16.0. The van der Waals surface area contributed by atoms with E-state index >= 15 is 0 Å². The van der Waals surface area contributed by atoms with Crippen molar-refractivity contribution in [1.29, 1.82) is 0 Å². The van der Waals surface area contributed by atoms with Gasteiger partial charge in [-0.05, 0) is 37.0 Å². The third kappa shape index (κ3) is 4.24. The van der Waals surface area contributed by atoms with Crippen molar-refractivity contribution in [3.05, 3.63) is 24.5 Å². The maximum atomic E-state index is 11.9. The van der Waals surface area contributed by atoms with Crippen LogP contribution in [-0.2, 0) is 9.84 Å². The molecular weight excluding hydrogens is 360 g/mol. The van der Waals surface area contributed by atoms with Gasteiger partial charge in [0.05, 0.1) is 10.4 Å². The first-order valence-corrected chi connectivity index (χ1v) is 11.8. The Morgan fingerprint density at radius 1 is 1.04 bits per heavy atom. The highest BCUT2D eigenvalue weighted by atomic mass is 32.2. The van der Waals surface area contributed by atoms with Crippen LogP contribution in [0.3, 0.4) is 0 Å². The lowest BCUT2D eigenvalue weighted by molar-refractivity contribution is 0.192. The maximum Gasteiger partial charge on any atom is 0.175 e. The van der Waals surface area contributed by atoms with Gasteiger partial charge in [-0.3, -0.25) is 4.90 Å². The lowest BCUT2D eigenvalue weighted by atomic mass is 9.89. The molecule has 0 radical (unpaired) electrons. The normalized spacial score (nSPS) is 20.3. The second-order valence-corrected chi connectivity index (χ2v) is 9.96. The zero-order chi connectivity index (χ0) is 18.9. The van der Waals surface area contributed by atoms with Crippen LogP contribution < -0.4 is 4.90 Å². The van der Waals surface area contributed by atoms with Crippen LogP contribution in [0.4, 0.5) is 5.82 Å². The number of sulfone groups is 1. The summed E-state index contributed by atoms with van der Waals surface area (Å²) in [7, 11) is -3.25. The van der Waals surface area contributed by atoms with Crippen molar-refractivity contribution >= 4 is 26.6 Å². The minimum absolute atomic E-state index is 0.321. The summed E-state index contributed by atoms with van der Waals surface area (Å²) in [5.41, 5.74) is 0.789. The first-order chi connectivity index (χ1) is 13.0. The minimum Gasteiger partial charge on any atom is -0.353 e. The fourth-order valence-corrected chi connectivity index (χ4v) is 5.03. The van der Waals surface area contributed by atoms with Gasteiger partial charge < -0.3 is 4.90 Å². The van der Waals surface area contributed by atoms with Gasteiger partial charge in [-0.25, -0.2) is 18.4 Å². The number of fused-ring (bicyclic) bond motifs is 1. The maximum absolute atomic E-state index is 11.9. The molecule has 0 bridgehead atoms. The van der Waals surface area contributed by atoms with Crippen LogP contribution in [0.15, 0.2) is 29.4 Å². The summed E-state index contributed by atoms with van der Waals surface area (Å²) >= 11 is 0. The second kappa shape index (κ2) is 7.72. The number of anilines is 1. The molecule has 27 heavy (non-hydrogen) atoms. The molecule has 7 heteroatoms. The van der Waals surface area contributed by atoms with Gasteiger partial charge in [-0.1, -0.05) is 19.3 Å². The number of rotatable bonds is 4. The first-order valence-electron chi connectivity index (χ1n) is 9.93. The van der Waals surface area contributed by atoms with E-state index in [9.17, 15) is 8.42 Å². The van der Waals surface area contributed by atoms with E-state index in [2.05, 4.69) is 19.8 Å². The van der Waals surface area contributed by atoms with E-state index in [4.69, 9.17) is 0 Å². The minimum atomic E-state index is -3.25. The molecule has 0 spiro atoms. The van der Waals surface area contributed by atoms with E-state index in [1.807, 2.05) is 0 Å². The molecule has 0 atom stereocenters. The molecule has 1 aliphatic carbocycles. The Morgan fingerprint density at radius 2 is 1.78 bits per heavy atom. The Bertz CT molecular complexity index is 901. The van der Waals surface area contributed by atoms with Crippen molar-refractivity contribution in [1.82, 2.24) is 14.9 Å². The standard InChI is InChI=1S/C20H28N4O2S/c1-27(25,26)17-7-8-19-18(13-17)20(22-15-21-19)24-11-9-23(10-12-24)14-16-5-3-2-4-6-16/h7-8,13,15-16H,2-6,9-12,14H2,1H3. The molecule has 1 saturated carbocycles. The number of hydrogen-bond acceptors (Lipinski definition) is 6. The number of nitrogens with zero attached hydrogens (tertiary/aromatic N) is 4. The Hall–Kier alpha value is -1.73. The highest BCUT2D eigenvalue weighted by Gasteiger charge is 2.23. The predicted octanol–water partition coefficient (Wildman–Crippen LogP) is 2.74. The van der Waals surface area contributed by atoms with E-state index in [1.165, 1.54) is 44.9 Å². The first kappa shape index (κ1) is 18.6. The van der Waals surface area contributed by atoms with Crippen molar-refractivity contribution in [3.8, 4) is 0 Å². The van der Waals surface area contributed by atoms with Crippen molar-refractivity contribution in [3.63, 3.8) is 0 Å². The molecule has 2 heterocycles. The molecular formula is C20H28N4O2S. The van der Waals surface area contributed by atoms with E-state index in [1.54, 1.807) is 24.5 Å². The van der Waals surface area contributed by atoms with Gasteiger partial charge in [0.2, 0.25) is 0 Å². The Balaban J connectivity index is 1.50. The summed E-state index contributed by atoms with van der Waals surface area (Å²) in [6, 6.07) is 5.11. The molecule has 0 unspecified atom stereocenters. The molecule has 1 aromatic heterocycles. The van der Waals surface area contributed by atoms with Gasteiger partial charge in [0.1, 0.15) is 12.1 Å². The molecule has 146 valence electrons. The van der Waals surface area contributed by atoms with Crippen LogP contribution in [-0.4, -0.2) is 62.3 Å². The Kier molecular flexibility index (Phi) is 5.32. The number of hydrogen-bond donors (Lipinski definition) is 0. The third-order valence-electron chi connectivity index (χ3n) is 5.93. The average molecular weight is 389 g/mol. The van der Waals surface area contributed by atoms with Crippen molar-refractivity contribution in [2.24, 2.45) is 5.92 Å². The Morgan fingerprint density at radius 3 is 2.48 bits per heavy atom. The summed E-state index contributed by atoms with van der Waals surface area (Å²) in [6.45, 7) is 5.13. The van der Waals surface area contributed by atoms with Crippen LogP contribution >= 0.6 is 0 Å². The second-order valence-electron chi connectivity index (χ2n) is 7.94. The van der Waals surface area contributed by atoms with Gasteiger partial charge in [0.15, 0.2) is 9.84 Å². The summed E-state index contributed by atoms with van der Waals surface area (Å²) in [5, 5.41) is 0.821. The smallest absolute Gasteiger partial charge is 0.175 e.